The summed E-state index contributed by atoms with van der Waals surface area (Å²) in [6.45, 7) is 1.83. The Bertz CT molecular complexity index is 933. The Labute approximate surface area is 150 Å². The van der Waals surface area contributed by atoms with E-state index in [-0.39, 0.29) is 35.3 Å². The van der Waals surface area contributed by atoms with Crippen molar-refractivity contribution in [3.63, 3.8) is 0 Å². The molecule has 0 aliphatic carbocycles. The predicted octanol–water partition coefficient (Wildman–Crippen LogP) is 1.73. The van der Waals surface area contributed by atoms with Crippen molar-refractivity contribution in [1.29, 1.82) is 0 Å². The average Bonchev–Trinajstić information content (AvgIpc) is 2.63. The van der Waals surface area contributed by atoms with E-state index in [0.717, 1.165) is 12.1 Å². The van der Waals surface area contributed by atoms with E-state index in [1.54, 1.807) is 30.3 Å². The van der Waals surface area contributed by atoms with Crippen molar-refractivity contribution >= 4 is 11.9 Å². The monoisotopic (exact) mass is 352 g/mol. The lowest BCUT2D eigenvalue weighted by atomic mass is 9.83. The normalized spacial score (nSPS) is 21.2. The summed E-state index contributed by atoms with van der Waals surface area (Å²) in [5, 5.41) is 9.30. The molecule has 2 aromatic rings. The Morgan fingerprint density at radius 1 is 1.04 bits per heavy atom. The van der Waals surface area contributed by atoms with Gasteiger partial charge in [-0.1, -0.05) is 24.3 Å². The summed E-state index contributed by atoms with van der Waals surface area (Å²) in [5.41, 5.74) is 1.73. The minimum Gasteiger partial charge on any atom is -0.478 e. The molecule has 1 amide bonds. The summed E-state index contributed by atoms with van der Waals surface area (Å²) in [6.07, 6.45) is 1.07. The van der Waals surface area contributed by atoms with Crippen LogP contribution in [0.4, 0.5) is 0 Å². The van der Waals surface area contributed by atoms with E-state index in [4.69, 9.17) is 0 Å². The molecule has 1 aromatic carbocycles. The van der Waals surface area contributed by atoms with Crippen LogP contribution >= 0.6 is 0 Å². The number of carboxylic acid groups (broad SMARTS) is 1. The van der Waals surface area contributed by atoms with Gasteiger partial charge in [0.25, 0.3) is 5.56 Å². The van der Waals surface area contributed by atoms with E-state index < -0.39 is 5.97 Å². The van der Waals surface area contributed by atoms with Gasteiger partial charge in [-0.25, -0.2) is 4.79 Å². The van der Waals surface area contributed by atoms with Gasteiger partial charge in [-0.3, -0.25) is 9.59 Å². The number of nitrogens with zero attached hydrogens (tertiary/aromatic N) is 2. The number of amides is 1. The number of benzene rings is 1. The summed E-state index contributed by atoms with van der Waals surface area (Å²) < 4.78 is 1.83. The zero-order valence-electron chi connectivity index (χ0n) is 14.3. The smallest absolute Gasteiger partial charge is 0.335 e. The van der Waals surface area contributed by atoms with E-state index in [1.165, 1.54) is 6.07 Å². The van der Waals surface area contributed by atoms with Gasteiger partial charge in [-0.15, -0.1) is 0 Å². The summed E-state index contributed by atoms with van der Waals surface area (Å²) in [7, 11) is 0. The second-order valence-electron chi connectivity index (χ2n) is 7.14. The number of pyridine rings is 1. The topological polar surface area (TPSA) is 79.6 Å². The van der Waals surface area contributed by atoms with Crippen molar-refractivity contribution in [2.24, 2.45) is 5.92 Å². The SMILES string of the molecule is O=C(O)c1ccccc1CC(=O)N1C[C@@H]2C[C@@H](C1)c1cccc(=O)n1C2. The Morgan fingerprint density at radius 3 is 2.65 bits per heavy atom. The first-order valence-corrected chi connectivity index (χ1v) is 8.81. The third kappa shape index (κ3) is 2.92. The van der Waals surface area contributed by atoms with Gasteiger partial charge in [0.1, 0.15) is 0 Å². The molecule has 0 saturated carbocycles. The van der Waals surface area contributed by atoms with Crippen molar-refractivity contribution in [3.8, 4) is 0 Å². The van der Waals surface area contributed by atoms with Crippen LogP contribution in [0.15, 0.2) is 47.3 Å². The summed E-state index contributed by atoms with van der Waals surface area (Å²) >= 11 is 0. The predicted molar refractivity (Wildman–Crippen MR) is 95.2 cm³/mol. The molecule has 2 aliphatic rings. The molecule has 3 heterocycles. The first-order chi connectivity index (χ1) is 12.5. The number of carboxylic acids is 1. The maximum atomic E-state index is 12.8. The molecule has 2 bridgehead atoms. The number of carbonyl (C=O) groups is 2. The van der Waals surface area contributed by atoms with Crippen molar-refractivity contribution in [2.45, 2.75) is 25.3 Å². The first-order valence-electron chi connectivity index (χ1n) is 8.81. The molecule has 26 heavy (non-hydrogen) atoms. The highest BCUT2D eigenvalue weighted by molar-refractivity contribution is 5.91. The zero-order valence-corrected chi connectivity index (χ0v) is 14.3. The Kier molecular flexibility index (Phi) is 4.11. The van der Waals surface area contributed by atoms with Crippen LogP contribution in [-0.2, 0) is 17.8 Å². The van der Waals surface area contributed by atoms with Gasteiger partial charge in [0.05, 0.1) is 12.0 Å². The highest BCUT2D eigenvalue weighted by atomic mass is 16.4. The van der Waals surface area contributed by atoms with Crippen LogP contribution < -0.4 is 5.56 Å². The first kappa shape index (κ1) is 16.6. The van der Waals surface area contributed by atoms with Crippen LogP contribution in [0, 0.1) is 5.92 Å². The number of fused-ring (bicyclic) bond motifs is 4. The number of carbonyl (C=O) groups excluding carboxylic acids is 1. The molecule has 1 N–H and O–H groups in total. The van der Waals surface area contributed by atoms with Crippen LogP contribution in [0.5, 0.6) is 0 Å². The molecule has 0 unspecified atom stereocenters. The molecular formula is C20H20N2O4. The number of aromatic carboxylic acids is 1. The van der Waals surface area contributed by atoms with E-state index in [1.807, 2.05) is 15.5 Å². The third-order valence-electron chi connectivity index (χ3n) is 5.42. The van der Waals surface area contributed by atoms with Gasteiger partial charge in [0.2, 0.25) is 5.91 Å². The lowest BCUT2D eigenvalue weighted by molar-refractivity contribution is -0.133. The number of piperidine rings is 1. The molecule has 0 spiro atoms. The van der Waals surface area contributed by atoms with Gasteiger partial charge >= 0.3 is 5.97 Å². The maximum absolute atomic E-state index is 12.8. The quantitative estimate of drug-likeness (QED) is 0.912. The summed E-state index contributed by atoms with van der Waals surface area (Å²) in [6, 6.07) is 12.0. The van der Waals surface area contributed by atoms with E-state index >= 15 is 0 Å². The molecule has 6 nitrogen and oxygen atoms in total. The minimum atomic E-state index is -1.02. The second-order valence-corrected chi connectivity index (χ2v) is 7.14. The van der Waals surface area contributed by atoms with Crippen LogP contribution in [-0.4, -0.2) is 39.5 Å². The molecule has 1 saturated heterocycles. The van der Waals surface area contributed by atoms with Crippen LogP contribution in [0.25, 0.3) is 0 Å². The third-order valence-corrected chi connectivity index (χ3v) is 5.42. The molecule has 2 aliphatic heterocycles. The Morgan fingerprint density at radius 2 is 1.85 bits per heavy atom. The lowest BCUT2D eigenvalue weighted by Crippen LogP contribution is -2.49. The van der Waals surface area contributed by atoms with Crippen LogP contribution in [0.3, 0.4) is 0 Å². The number of hydrogen-bond acceptors (Lipinski definition) is 3. The Hall–Kier alpha value is -2.89. The molecular weight excluding hydrogens is 332 g/mol. The zero-order chi connectivity index (χ0) is 18.3. The van der Waals surface area contributed by atoms with E-state index in [0.29, 0.717) is 25.2 Å². The fourth-order valence-electron chi connectivity index (χ4n) is 4.26. The van der Waals surface area contributed by atoms with Crippen molar-refractivity contribution in [1.82, 2.24) is 9.47 Å². The fraction of sp³-hybridized carbons (Fsp3) is 0.350. The van der Waals surface area contributed by atoms with E-state index in [2.05, 4.69) is 0 Å². The molecule has 6 heteroatoms. The second kappa shape index (κ2) is 6.44. The summed E-state index contributed by atoms with van der Waals surface area (Å²) in [5.74, 6) is -0.646. The number of hydrogen-bond donors (Lipinski definition) is 1. The maximum Gasteiger partial charge on any atom is 0.335 e. The largest absolute Gasteiger partial charge is 0.478 e. The van der Waals surface area contributed by atoms with Crippen LogP contribution in [0.1, 0.15) is 34.0 Å². The van der Waals surface area contributed by atoms with Gasteiger partial charge in [-0.2, -0.15) is 0 Å². The van der Waals surface area contributed by atoms with E-state index in [9.17, 15) is 19.5 Å². The molecule has 4 rings (SSSR count). The average molecular weight is 352 g/mol. The summed E-state index contributed by atoms with van der Waals surface area (Å²) in [4.78, 5) is 38.1. The molecule has 1 aromatic heterocycles. The van der Waals surface area contributed by atoms with Gasteiger partial charge in [0.15, 0.2) is 0 Å². The van der Waals surface area contributed by atoms with Gasteiger partial charge < -0.3 is 14.6 Å². The Balaban J connectivity index is 1.55. The molecule has 134 valence electrons. The van der Waals surface area contributed by atoms with Gasteiger partial charge in [0, 0.05) is 37.3 Å². The number of aromatic nitrogens is 1. The number of likely N-dealkylation sites (tertiary alicyclic amines) is 1. The fourth-order valence-corrected chi connectivity index (χ4v) is 4.26. The standard InChI is InChI=1S/C20H20N2O4/c23-18-7-3-6-17-15-8-13(11-22(17)18)10-21(12-15)19(24)9-14-4-1-2-5-16(14)20(25)26/h1-7,13,15H,8-12H2,(H,25,26)/t13-,15-/m0/s1. The van der Waals surface area contributed by atoms with Crippen LogP contribution in [0.2, 0.25) is 0 Å². The highest BCUT2D eigenvalue weighted by Crippen LogP contribution is 2.35. The van der Waals surface area contributed by atoms with Crippen molar-refractivity contribution in [3.05, 3.63) is 69.6 Å². The lowest BCUT2D eigenvalue weighted by Gasteiger charge is -2.42. The molecule has 2 atom stereocenters. The molecule has 0 radical (unpaired) electrons. The highest BCUT2D eigenvalue weighted by Gasteiger charge is 2.36. The van der Waals surface area contributed by atoms with Crippen molar-refractivity contribution < 1.29 is 14.7 Å². The van der Waals surface area contributed by atoms with Gasteiger partial charge in [-0.05, 0) is 30.0 Å². The minimum absolute atomic E-state index is 0.0207. The number of rotatable bonds is 3. The van der Waals surface area contributed by atoms with Crippen molar-refractivity contribution in [2.75, 3.05) is 13.1 Å². The molecule has 1 fully saturated rings.